The minimum atomic E-state index is 1.27. The van der Waals surface area contributed by atoms with Crippen LogP contribution in [0.5, 0.6) is 0 Å². The summed E-state index contributed by atoms with van der Waals surface area (Å²) in [6.07, 6.45) is 0. The first-order chi connectivity index (χ1) is 7.79. The Morgan fingerprint density at radius 2 is 0.875 bits per heavy atom. The molecule has 2 rings (SSSR count). The maximum absolute atomic E-state index is 2.41. The van der Waals surface area contributed by atoms with Gasteiger partial charge in [0.1, 0.15) is 0 Å². The Bertz CT molecular complexity index is 439. The number of halogens is 2. The molecule has 0 aromatic heterocycles. The molecule has 0 heterocycles. The van der Waals surface area contributed by atoms with E-state index in [0.717, 1.165) is 0 Å². The summed E-state index contributed by atoms with van der Waals surface area (Å²) >= 11 is 4.82. The zero-order valence-corrected chi connectivity index (χ0v) is 12.8. The molecule has 16 heavy (non-hydrogen) atoms. The molecule has 0 bridgehead atoms. The molecule has 0 amide bonds. The van der Waals surface area contributed by atoms with Crippen LogP contribution in [0, 0.1) is 0 Å². The Kier molecular flexibility index (Phi) is 4.40. The third-order valence-electron chi connectivity index (χ3n) is 2.25. The van der Waals surface area contributed by atoms with Gasteiger partial charge in [0, 0.05) is 7.16 Å². The fraction of sp³-hybridized carbons (Fsp3) is 0. The van der Waals surface area contributed by atoms with Crippen molar-refractivity contribution >= 4 is 52.3 Å². The molecular formula is C14H10I2. The lowest BCUT2D eigenvalue weighted by molar-refractivity contribution is 1.64. The average molecular weight is 432 g/mol. The quantitative estimate of drug-likeness (QED) is 0.442. The number of hydrogen-bond acceptors (Lipinski definition) is 0. The highest BCUT2D eigenvalue weighted by Crippen LogP contribution is 2.35. The molecule has 0 atom stereocenters. The van der Waals surface area contributed by atoms with Crippen LogP contribution in [0.4, 0.5) is 0 Å². The summed E-state index contributed by atoms with van der Waals surface area (Å²) in [6, 6.07) is 20.9. The van der Waals surface area contributed by atoms with Gasteiger partial charge in [0.05, 0.1) is 0 Å². The lowest BCUT2D eigenvalue weighted by Crippen LogP contribution is -1.80. The van der Waals surface area contributed by atoms with E-state index >= 15 is 0 Å². The second-order valence-electron chi connectivity index (χ2n) is 3.36. The standard InChI is InChI=1S/C14H10I2/c15-13(11-7-3-1-4-8-11)14(16)12-9-5-2-6-10-12/h1-10H. The van der Waals surface area contributed by atoms with Gasteiger partial charge in [-0.2, -0.15) is 0 Å². The van der Waals surface area contributed by atoms with E-state index in [1.54, 1.807) is 0 Å². The molecule has 80 valence electrons. The van der Waals surface area contributed by atoms with Gasteiger partial charge in [-0.3, -0.25) is 0 Å². The second-order valence-corrected chi connectivity index (χ2v) is 5.52. The molecule has 2 heteroatoms. The molecule has 0 spiro atoms. The van der Waals surface area contributed by atoms with Gasteiger partial charge in [0.2, 0.25) is 0 Å². The Balaban J connectivity index is 2.43. The van der Waals surface area contributed by atoms with Crippen LogP contribution in [0.15, 0.2) is 60.7 Å². The molecule has 0 saturated carbocycles. The van der Waals surface area contributed by atoms with Crippen LogP contribution >= 0.6 is 45.2 Å². The SMILES string of the molecule is IC(=C(I)c1ccccc1)c1ccccc1. The lowest BCUT2D eigenvalue weighted by Gasteiger charge is -2.05. The monoisotopic (exact) mass is 432 g/mol. The van der Waals surface area contributed by atoms with Crippen molar-refractivity contribution in [3.63, 3.8) is 0 Å². The highest BCUT2D eigenvalue weighted by molar-refractivity contribution is 14.1. The fourth-order valence-electron chi connectivity index (χ4n) is 1.42. The molecule has 0 unspecified atom stereocenters. The van der Waals surface area contributed by atoms with Crippen LogP contribution in [-0.4, -0.2) is 0 Å². The van der Waals surface area contributed by atoms with Gasteiger partial charge in [0.25, 0.3) is 0 Å². The van der Waals surface area contributed by atoms with E-state index in [4.69, 9.17) is 0 Å². The van der Waals surface area contributed by atoms with E-state index in [1.807, 2.05) is 12.1 Å². The first-order valence-electron chi connectivity index (χ1n) is 4.95. The van der Waals surface area contributed by atoms with Crippen molar-refractivity contribution in [2.45, 2.75) is 0 Å². The van der Waals surface area contributed by atoms with Crippen molar-refractivity contribution in [1.82, 2.24) is 0 Å². The first-order valence-corrected chi connectivity index (χ1v) is 7.11. The van der Waals surface area contributed by atoms with Crippen LogP contribution in [0.3, 0.4) is 0 Å². The molecule has 0 aliphatic carbocycles. The summed E-state index contributed by atoms with van der Waals surface area (Å²) in [4.78, 5) is 0. The van der Waals surface area contributed by atoms with Gasteiger partial charge in [-0.25, -0.2) is 0 Å². The Labute approximate surface area is 123 Å². The van der Waals surface area contributed by atoms with E-state index in [-0.39, 0.29) is 0 Å². The van der Waals surface area contributed by atoms with Crippen LogP contribution in [0.1, 0.15) is 11.1 Å². The molecule has 2 aromatic carbocycles. The molecule has 0 fully saturated rings. The molecule has 0 N–H and O–H groups in total. The Morgan fingerprint density at radius 3 is 1.19 bits per heavy atom. The Hall–Kier alpha value is -0.360. The van der Waals surface area contributed by atoms with E-state index in [1.165, 1.54) is 18.3 Å². The van der Waals surface area contributed by atoms with Gasteiger partial charge in [-0.1, -0.05) is 60.7 Å². The van der Waals surface area contributed by atoms with Gasteiger partial charge >= 0.3 is 0 Å². The average Bonchev–Trinajstić information content (AvgIpc) is 2.39. The maximum Gasteiger partial charge on any atom is 0.0342 e. The van der Waals surface area contributed by atoms with Crippen LogP contribution in [-0.2, 0) is 0 Å². The normalized spacial score (nSPS) is 12.1. The van der Waals surface area contributed by atoms with Crippen molar-refractivity contribution < 1.29 is 0 Å². The predicted molar refractivity (Wildman–Crippen MR) is 87.7 cm³/mol. The fourth-order valence-corrected chi connectivity index (χ4v) is 2.76. The molecule has 0 aliphatic rings. The molecule has 2 aromatic rings. The van der Waals surface area contributed by atoms with Crippen molar-refractivity contribution in [2.75, 3.05) is 0 Å². The van der Waals surface area contributed by atoms with Crippen molar-refractivity contribution in [2.24, 2.45) is 0 Å². The van der Waals surface area contributed by atoms with Gasteiger partial charge in [0.15, 0.2) is 0 Å². The minimum Gasteiger partial charge on any atom is -0.0622 e. The van der Waals surface area contributed by atoms with Gasteiger partial charge in [-0.05, 0) is 56.3 Å². The first kappa shape index (κ1) is 12.1. The summed E-state index contributed by atoms with van der Waals surface area (Å²) < 4.78 is 2.59. The van der Waals surface area contributed by atoms with E-state index in [0.29, 0.717) is 0 Å². The largest absolute Gasteiger partial charge is 0.0622 e. The lowest BCUT2D eigenvalue weighted by atomic mass is 10.1. The topological polar surface area (TPSA) is 0 Å². The van der Waals surface area contributed by atoms with E-state index in [9.17, 15) is 0 Å². The smallest absolute Gasteiger partial charge is 0.0342 e. The summed E-state index contributed by atoms with van der Waals surface area (Å²) in [5.74, 6) is 0. The summed E-state index contributed by atoms with van der Waals surface area (Å²) in [5.41, 5.74) is 2.55. The van der Waals surface area contributed by atoms with Crippen molar-refractivity contribution in [3.05, 3.63) is 71.8 Å². The summed E-state index contributed by atoms with van der Waals surface area (Å²) in [7, 11) is 0. The predicted octanol–water partition coefficient (Wildman–Crippen LogP) is 5.38. The summed E-state index contributed by atoms with van der Waals surface area (Å²) in [6.45, 7) is 0. The van der Waals surface area contributed by atoms with Crippen molar-refractivity contribution in [3.8, 4) is 0 Å². The van der Waals surface area contributed by atoms with Crippen LogP contribution in [0.2, 0.25) is 0 Å². The maximum atomic E-state index is 2.41. The minimum absolute atomic E-state index is 1.27. The van der Waals surface area contributed by atoms with Gasteiger partial charge < -0.3 is 0 Å². The molecule has 0 radical (unpaired) electrons. The number of hydrogen-bond donors (Lipinski definition) is 0. The third-order valence-corrected chi connectivity index (χ3v) is 5.60. The number of benzene rings is 2. The van der Waals surface area contributed by atoms with Crippen LogP contribution < -0.4 is 0 Å². The molecular weight excluding hydrogens is 422 g/mol. The second kappa shape index (κ2) is 5.82. The van der Waals surface area contributed by atoms with Crippen molar-refractivity contribution in [1.29, 1.82) is 0 Å². The zero-order chi connectivity index (χ0) is 11.4. The third kappa shape index (κ3) is 2.85. The van der Waals surface area contributed by atoms with E-state index < -0.39 is 0 Å². The molecule has 0 nitrogen and oxygen atoms in total. The molecule has 0 aliphatic heterocycles. The molecule has 0 saturated heterocycles. The zero-order valence-electron chi connectivity index (χ0n) is 8.53. The van der Waals surface area contributed by atoms with Gasteiger partial charge in [-0.15, -0.1) is 0 Å². The highest BCUT2D eigenvalue weighted by atomic mass is 127. The number of rotatable bonds is 2. The van der Waals surface area contributed by atoms with Crippen LogP contribution in [0.25, 0.3) is 7.16 Å². The van der Waals surface area contributed by atoms with E-state index in [2.05, 4.69) is 93.7 Å². The Morgan fingerprint density at radius 1 is 0.562 bits per heavy atom. The highest BCUT2D eigenvalue weighted by Gasteiger charge is 2.04. The summed E-state index contributed by atoms with van der Waals surface area (Å²) in [5, 5.41) is 0.